The molecule has 4 rings (SSSR count). The van der Waals surface area contributed by atoms with Crippen molar-refractivity contribution in [3.05, 3.63) is 79.8 Å². The van der Waals surface area contributed by atoms with Crippen LogP contribution in [0.4, 0.5) is 17.3 Å². The molecule has 1 aliphatic rings. The summed E-state index contributed by atoms with van der Waals surface area (Å²) in [4.78, 5) is 39.0. The molecule has 8 nitrogen and oxygen atoms in total. The normalized spacial score (nSPS) is 12.7. The largest absolute Gasteiger partial charge is 0.333 e. The van der Waals surface area contributed by atoms with Gasteiger partial charge in [0.1, 0.15) is 6.54 Å². The smallest absolute Gasteiger partial charge is 0.324 e. The van der Waals surface area contributed by atoms with E-state index >= 15 is 0 Å². The maximum absolute atomic E-state index is 12.5. The second kappa shape index (κ2) is 7.43. The molecule has 0 radical (unpaired) electrons. The molecule has 28 heavy (non-hydrogen) atoms. The van der Waals surface area contributed by atoms with Gasteiger partial charge in [0.05, 0.1) is 0 Å². The van der Waals surface area contributed by atoms with Crippen molar-refractivity contribution in [1.82, 2.24) is 14.3 Å². The van der Waals surface area contributed by atoms with Crippen LogP contribution in [0.2, 0.25) is 0 Å². The standard InChI is InChI=1S/C19H16BrN5O3/c20-13-6-8-14(9-7-13)21-16(26)12-25-18(28)17(27)24-11-10-23(19(24)22-25)15-4-2-1-3-5-15/h1-9H,10-12H2,(H,21,26). The van der Waals surface area contributed by atoms with E-state index in [-0.39, 0.29) is 6.54 Å². The summed E-state index contributed by atoms with van der Waals surface area (Å²) in [5.74, 6) is -0.0854. The first-order valence-electron chi connectivity index (χ1n) is 8.63. The minimum Gasteiger partial charge on any atom is -0.324 e. The molecule has 2 heterocycles. The molecule has 2 aromatic carbocycles. The van der Waals surface area contributed by atoms with Crippen molar-refractivity contribution in [3.63, 3.8) is 0 Å². The summed E-state index contributed by atoms with van der Waals surface area (Å²) >= 11 is 3.33. The summed E-state index contributed by atoms with van der Waals surface area (Å²) in [6.07, 6.45) is 0. The van der Waals surface area contributed by atoms with E-state index in [4.69, 9.17) is 0 Å². The second-order valence-corrected chi connectivity index (χ2v) is 7.18. The molecular weight excluding hydrogens is 426 g/mol. The van der Waals surface area contributed by atoms with Crippen molar-refractivity contribution in [3.8, 4) is 0 Å². The number of carbonyl (C=O) groups is 1. The van der Waals surface area contributed by atoms with Crippen LogP contribution in [-0.4, -0.2) is 26.8 Å². The molecule has 0 aliphatic carbocycles. The Bertz CT molecular complexity index is 1140. The lowest BCUT2D eigenvalue weighted by atomic mass is 10.3. The molecule has 0 bridgehead atoms. The van der Waals surface area contributed by atoms with Gasteiger partial charge in [-0.25, -0.2) is 4.68 Å². The van der Waals surface area contributed by atoms with Crippen LogP contribution >= 0.6 is 15.9 Å². The van der Waals surface area contributed by atoms with Crippen molar-refractivity contribution < 1.29 is 4.79 Å². The quantitative estimate of drug-likeness (QED) is 0.625. The molecule has 1 N–H and O–H groups in total. The minimum absolute atomic E-state index is 0.347. The van der Waals surface area contributed by atoms with Crippen molar-refractivity contribution in [1.29, 1.82) is 0 Å². The monoisotopic (exact) mass is 441 g/mol. The highest BCUT2D eigenvalue weighted by Gasteiger charge is 2.26. The lowest BCUT2D eigenvalue weighted by Gasteiger charge is -2.17. The molecule has 0 spiro atoms. The van der Waals surface area contributed by atoms with E-state index in [2.05, 4.69) is 26.3 Å². The molecular formula is C19H16BrN5O3. The molecule has 0 fully saturated rings. The maximum atomic E-state index is 12.5. The van der Waals surface area contributed by atoms with Gasteiger partial charge in [-0.3, -0.25) is 19.0 Å². The zero-order chi connectivity index (χ0) is 19.7. The van der Waals surface area contributed by atoms with Gasteiger partial charge in [-0.05, 0) is 36.4 Å². The number of halogens is 1. The Morgan fingerprint density at radius 3 is 2.43 bits per heavy atom. The van der Waals surface area contributed by atoms with Gasteiger partial charge >= 0.3 is 11.1 Å². The predicted octanol–water partition coefficient (Wildman–Crippen LogP) is 1.96. The Hall–Kier alpha value is -3.20. The van der Waals surface area contributed by atoms with Gasteiger partial charge in [0.15, 0.2) is 0 Å². The molecule has 142 valence electrons. The molecule has 1 aromatic heterocycles. The minimum atomic E-state index is -0.815. The number of hydrogen-bond donors (Lipinski definition) is 1. The maximum Gasteiger partial charge on any atom is 0.333 e. The number of para-hydroxylation sites is 1. The number of hydrogen-bond acceptors (Lipinski definition) is 5. The third kappa shape index (κ3) is 3.48. The van der Waals surface area contributed by atoms with Crippen LogP contribution in [-0.2, 0) is 17.9 Å². The van der Waals surface area contributed by atoms with E-state index in [1.807, 2.05) is 35.2 Å². The lowest BCUT2D eigenvalue weighted by molar-refractivity contribution is -0.117. The summed E-state index contributed by atoms with van der Waals surface area (Å²) in [5.41, 5.74) is -0.0419. The Labute approximate surface area is 168 Å². The van der Waals surface area contributed by atoms with E-state index in [1.165, 1.54) is 4.57 Å². The molecule has 0 saturated carbocycles. The highest BCUT2D eigenvalue weighted by atomic mass is 79.9. The fourth-order valence-electron chi connectivity index (χ4n) is 3.05. The zero-order valence-corrected chi connectivity index (χ0v) is 16.3. The van der Waals surface area contributed by atoms with E-state index < -0.39 is 17.0 Å². The number of fused-ring (bicyclic) bond motifs is 1. The summed E-state index contributed by atoms with van der Waals surface area (Å²) in [7, 11) is 0. The number of amides is 1. The van der Waals surface area contributed by atoms with Crippen molar-refractivity contribution in [2.45, 2.75) is 13.1 Å². The van der Waals surface area contributed by atoms with E-state index in [0.29, 0.717) is 24.7 Å². The van der Waals surface area contributed by atoms with Crippen molar-refractivity contribution in [2.24, 2.45) is 0 Å². The Morgan fingerprint density at radius 1 is 1.00 bits per heavy atom. The van der Waals surface area contributed by atoms with Crippen LogP contribution in [0.3, 0.4) is 0 Å². The Morgan fingerprint density at radius 2 is 1.71 bits per heavy atom. The van der Waals surface area contributed by atoms with E-state index in [1.54, 1.807) is 24.3 Å². The predicted molar refractivity (Wildman–Crippen MR) is 109 cm³/mol. The first-order valence-corrected chi connectivity index (χ1v) is 9.42. The number of anilines is 3. The molecule has 3 aromatic rings. The summed E-state index contributed by atoms with van der Waals surface area (Å²) in [6.45, 7) is 0.554. The second-order valence-electron chi connectivity index (χ2n) is 6.26. The van der Waals surface area contributed by atoms with Gasteiger partial charge in [0, 0.05) is 28.9 Å². The average molecular weight is 442 g/mol. The van der Waals surface area contributed by atoms with Crippen molar-refractivity contribution in [2.75, 3.05) is 16.8 Å². The molecule has 1 aliphatic heterocycles. The summed E-state index contributed by atoms with van der Waals surface area (Å²) in [5, 5.41) is 6.98. The molecule has 9 heteroatoms. The number of carbonyl (C=O) groups excluding carboxylic acids is 1. The first kappa shape index (κ1) is 18.2. The number of nitrogens with zero attached hydrogens (tertiary/aromatic N) is 4. The number of nitrogens with one attached hydrogen (secondary N) is 1. The van der Waals surface area contributed by atoms with Crippen LogP contribution in [0, 0.1) is 0 Å². The average Bonchev–Trinajstić information content (AvgIpc) is 3.12. The third-order valence-corrected chi connectivity index (χ3v) is 4.92. The topological polar surface area (TPSA) is 89.2 Å². The fourth-order valence-corrected chi connectivity index (χ4v) is 3.32. The van der Waals surface area contributed by atoms with E-state index in [0.717, 1.165) is 14.8 Å². The van der Waals surface area contributed by atoms with E-state index in [9.17, 15) is 14.4 Å². The van der Waals surface area contributed by atoms with Crippen LogP contribution in [0.5, 0.6) is 0 Å². The van der Waals surface area contributed by atoms with Gasteiger partial charge in [0.2, 0.25) is 11.9 Å². The first-order chi connectivity index (χ1) is 13.5. The summed E-state index contributed by atoms with van der Waals surface area (Å²) in [6, 6.07) is 16.5. The van der Waals surface area contributed by atoms with Crippen molar-refractivity contribution >= 4 is 39.2 Å². The molecule has 1 amide bonds. The Balaban J connectivity index is 1.62. The lowest BCUT2D eigenvalue weighted by Crippen LogP contribution is -2.44. The molecule has 0 saturated heterocycles. The van der Waals surface area contributed by atoms with Crippen LogP contribution < -0.4 is 21.3 Å². The fraction of sp³-hybridized carbons (Fsp3) is 0.158. The number of aromatic nitrogens is 3. The van der Waals surface area contributed by atoms with Gasteiger partial charge in [0.25, 0.3) is 0 Å². The molecule has 0 atom stereocenters. The highest BCUT2D eigenvalue weighted by Crippen LogP contribution is 2.25. The van der Waals surface area contributed by atoms with Gasteiger partial charge in [-0.1, -0.05) is 34.1 Å². The number of rotatable bonds is 4. The number of benzene rings is 2. The highest BCUT2D eigenvalue weighted by molar-refractivity contribution is 9.10. The van der Waals surface area contributed by atoms with Crippen LogP contribution in [0.1, 0.15) is 0 Å². The third-order valence-electron chi connectivity index (χ3n) is 4.39. The SMILES string of the molecule is O=C(Cn1nc2n(c(=O)c1=O)CCN2c1ccccc1)Nc1ccc(Br)cc1. The Kier molecular flexibility index (Phi) is 4.82. The molecule has 0 unspecified atom stereocenters. The summed E-state index contributed by atoms with van der Waals surface area (Å²) < 4.78 is 3.15. The zero-order valence-electron chi connectivity index (χ0n) is 14.7. The van der Waals surface area contributed by atoms with Gasteiger partial charge in [-0.15, -0.1) is 5.10 Å². The van der Waals surface area contributed by atoms with Gasteiger partial charge in [-0.2, -0.15) is 0 Å². The van der Waals surface area contributed by atoms with Crippen LogP contribution in [0.15, 0.2) is 68.7 Å². The van der Waals surface area contributed by atoms with Gasteiger partial charge < -0.3 is 10.2 Å². The van der Waals surface area contributed by atoms with Crippen LogP contribution in [0.25, 0.3) is 0 Å².